The highest BCUT2D eigenvalue weighted by Gasteiger charge is 2.14. The minimum atomic E-state index is -0.298. The molecule has 1 aliphatic rings. The summed E-state index contributed by atoms with van der Waals surface area (Å²) in [5.41, 5.74) is 1.56. The van der Waals surface area contributed by atoms with Gasteiger partial charge in [0.1, 0.15) is 23.8 Å². The van der Waals surface area contributed by atoms with Gasteiger partial charge >= 0.3 is 0 Å². The highest BCUT2D eigenvalue weighted by atomic mass is 19.1. The molecule has 4 rings (SSSR count). The fraction of sp³-hybridized carbons (Fsp3) is 0.364. The molecule has 0 radical (unpaired) electrons. The number of carbonyl (C=O) groups is 1. The number of anilines is 1. The van der Waals surface area contributed by atoms with E-state index in [1.165, 1.54) is 37.8 Å². The predicted molar refractivity (Wildman–Crippen MR) is 109 cm³/mol. The molecule has 6 heteroatoms. The van der Waals surface area contributed by atoms with E-state index < -0.39 is 0 Å². The van der Waals surface area contributed by atoms with Gasteiger partial charge in [0.25, 0.3) is 0 Å². The summed E-state index contributed by atoms with van der Waals surface area (Å²) in [4.78, 5) is 19.6. The van der Waals surface area contributed by atoms with Crippen LogP contribution in [0, 0.1) is 5.82 Å². The van der Waals surface area contributed by atoms with Gasteiger partial charge in [0.15, 0.2) is 0 Å². The van der Waals surface area contributed by atoms with E-state index in [0.717, 1.165) is 35.5 Å². The second-order valence-electron chi connectivity index (χ2n) is 7.33. The summed E-state index contributed by atoms with van der Waals surface area (Å²) >= 11 is 0. The number of hydrogen-bond acceptors (Lipinski definition) is 3. The zero-order valence-corrected chi connectivity index (χ0v) is 15.9. The lowest BCUT2D eigenvalue weighted by atomic mass is 10.2. The summed E-state index contributed by atoms with van der Waals surface area (Å²) in [5.74, 6) is 0.562. The second-order valence-corrected chi connectivity index (χ2v) is 7.33. The molecule has 3 aromatic rings. The smallest absolute Gasteiger partial charge is 0.240 e. The first-order valence-corrected chi connectivity index (χ1v) is 9.91. The van der Waals surface area contributed by atoms with Gasteiger partial charge in [-0.05, 0) is 48.7 Å². The summed E-state index contributed by atoms with van der Waals surface area (Å²) in [7, 11) is 0. The number of nitrogens with one attached hydrogen (secondary N) is 1. The number of aromatic nitrogens is 2. The molecular formula is C22H25FN4O. The number of halogens is 1. The fourth-order valence-electron chi connectivity index (χ4n) is 3.71. The fourth-order valence-corrected chi connectivity index (χ4v) is 3.71. The van der Waals surface area contributed by atoms with Crippen molar-refractivity contribution in [3.8, 4) is 0 Å². The molecule has 146 valence electrons. The van der Waals surface area contributed by atoms with Crippen LogP contribution >= 0.6 is 0 Å². The van der Waals surface area contributed by atoms with E-state index in [-0.39, 0.29) is 18.3 Å². The molecule has 3 heterocycles. The van der Waals surface area contributed by atoms with Crippen LogP contribution in [0.5, 0.6) is 0 Å². The minimum Gasteiger partial charge on any atom is -0.357 e. The second kappa shape index (κ2) is 8.42. The van der Waals surface area contributed by atoms with E-state index in [1.807, 2.05) is 16.8 Å². The van der Waals surface area contributed by atoms with Gasteiger partial charge in [0.2, 0.25) is 5.91 Å². The third-order valence-corrected chi connectivity index (χ3v) is 5.22. The Kier molecular flexibility index (Phi) is 5.55. The molecule has 0 spiro atoms. The van der Waals surface area contributed by atoms with Crippen molar-refractivity contribution in [2.75, 3.05) is 18.0 Å². The van der Waals surface area contributed by atoms with Crippen molar-refractivity contribution in [2.24, 2.45) is 0 Å². The SMILES string of the molecule is O=C(Cn1ccc2ccc(N3CCCCCC3)nc21)NCc1cccc(F)c1. The molecule has 0 bridgehead atoms. The average molecular weight is 380 g/mol. The van der Waals surface area contributed by atoms with Crippen LogP contribution in [0.4, 0.5) is 10.2 Å². The van der Waals surface area contributed by atoms with Crippen molar-refractivity contribution in [3.05, 3.63) is 60.0 Å². The van der Waals surface area contributed by atoms with Crippen molar-refractivity contribution >= 4 is 22.8 Å². The zero-order chi connectivity index (χ0) is 19.3. The van der Waals surface area contributed by atoms with Crippen LogP contribution in [-0.4, -0.2) is 28.5 Å². The summed E-state index contributed by atoms with van der Waals surface area (Å²) in [6.45, 7) is 2.57. The monoisotopic (exact) mass is 380 g/mol. The van der Waals surface area contributed by atoms with Crippen molar-refractivity contribution in [1.29, 1.82) is 0 Å². The third-order valence-electron chi connectivity index (χ3n) is 5.22. The van der Waals surface area contributed by atoms with E-state index in [2.05, 4.69) is 22.3 Å². The molecule has 1 N–H and O–H groups in total. The first-order chi connectivity index (χ1) is 13.7. The topological polar surface area (TPSA) is 50.2 Å². The molecule has 1 aliphatic heterocycles. The Hall–Kier alpha value is -2.89. The Bertz CT molecular complexity index is 960. The van der Waals surface area contributed by atoms with Gasteiger partial charge in [0, 0.05) is 31.2 Å². The number of nitrogens with zero attached hydrogens (tertiary/aromatic N) is 3. The molecule has 1 fully saturated rings. The van der Waals surface area contributed by atoms with E-state index in [1.54, 1.807) is 12.1 Å². The first kappa shape index (κ1) is 18.5. The number of amides is 1. The lowest BCUT2D eigenvalue weighted by Gasteiger charge is -2.21. The van der Waals surface area contributed by atoms with E-state index in [0.29, 0.717) is 6.54 Å². The van der Waals surface area contributed by atoms with Crippen molar-refractivity contribution in [3.63, 3.8) is 0 Å². The van der Waals surface area contributed by atoms with Crippen molar-refractivity contribution in [1.82, 2.24) is 14.9 Å². The Labute approximate surface area is 164 Å². The molecule has 2 aromatic heterocycles. The minimum absolute atomic E-state index is 0.122. The molecule has 0 aliphatic carbocycles. The Balaban J connectivity index is 1.45. The normalized spacial score (nSPS) is 14.8. The van der Waals surface area contributed by atoms with Gasteiger partial charge in [-0.2, -0.15) is 0 Å². The van der Waals surface area contributed by atoms with Crippen LogP contribution in [0.25, 0.3) is 11.0 Å². The Morgan fingerprint density at radius 1 is 1.07 bits per heavy atom. The van der Waals surface area contributed by atoms with Crippen LogP contribution < -0.4 is 10.2 Å². The number of hydrogen-bond donors (Lipinski definition) is 1. The van der Waals surface area contributed by atoms with Crippen LogP contribution in [-0.2, 0) is 17.9 Å². The van der Waals surface area contributed by atoms with Crippen molar-refractivity contribution in [2.45, 2.75) is 38.8 Å². The molecule has 0 unspecified atom stereocenters. The first-order valence-electron chi connectivity index (χ1n) is 9.91. The highest BCUT2D eigenvalue weighted by Crippen LogP contribution is 2.22. The molecular weight excluding hydrogens is 355 g/mol. The molecule has 1 saturated heterocycles. The number of benzene rings is 1. The summed E-state index contributed by atoms with van der Waals surface area (Å²) in [6.07, 6.45) is 6.85. The predicted octanol–water partition coefficient (Wildman–Crippen LogP) is 3.87. The van der Waals surface area contributed by atoms with Crippen LogP contribution in [0.3, 0.4) is 0 Å². The largest absolute Gasteiger partial charge is 0.357 e. The zero-order valence-electron chi connectivity index (χ0n) is 15.9. The maximum atomic E-state index is 13.3. The maximum Gasteiger partial charge on any atom is 0.240 e. The van der Waals surface area contributed by atoms with Gasteiger partial charge in [-0.3, -0.25) is 4.79 Å². The van der Waals surface area contributed by atoms with Gasteiger partial charge < -0.3 is 14.8 Å². The molecule has 0 saturated carbocycles. The standard InChI is InChI=1S/C22H25FN4O/c23-19-7-5-6-17(14-19)15-24-21(28)16-27-13-10-18-8-9-20(25-22(18)27)26-11-3-1-2-4-12-26/h5-10,13-14H,1-4,11-12,15-16H2,(H,24,28). The van der Waals surface area contributed by atoms with Gasteiger partial charge in [-0.15, -0.1) is 0 Å². The molecule has 1 aromatic carbocycles. The number of fused-ring (bicyclic) bond motifs is 1. The van der Waals surface area contributed by atoms with Crippen LogP contribution in [0.15, 0.2) is 48.7 Å². The summed E-state index contributed by atoms with van der Waals surface area (Å²) < 4.78 is 15.1. The quantitative estimate of drug-likeness (QED) is 0.731. The molecule has 0 atom stereocenters. The lowest BCUT2D eigenvalue weighted by Crippen LogP contribution is -2.27. The number of rotatable bonds is 5. The van der Waals surface area contributed by atoms with Gasteiger partial charge in [-0.1, -0.05) is 25.0 Å². The van der Waals surface area contributed by atoms with Crippen LogP contribution in [0.2, 0.25) is 0 Å². The van der Waals surface area contributed by atoms with E-state index in [4.69, 9.17) is 4.98 Å². The molecule has 28 heavy (non-hydrogen) atoms. The Morgan fingerprint density at radius 3 is 2.68 bits per heavy atom. The molecule has 5 nitrogen and oxygen atoms in total. The van der Waals surface area contributed by atoms with Crippen molar-refractivity contribution < 1.29 is 9.18 Å². The highest BCUT2D eigenvalue weighted by molar-refractivity contribution is 5.82. The van der Waals surface area contributed by atoms with Crippen LogP contribution in [0.1, 0.15) is 31.2 Å². The molecule has 1 amide bonds. The third kappa shape index (κ3) is 4.32. The summed E-state index contributed by atoms with van der Waals surface area (Å²) in [5, 5.41) is 3.88. The van der Waals surface area contributed by atoms with E-state index >= 15 is 0 Å². The lowest BCUT2D eigenvalue weighted by molar-refractivity contribution is -0.121. The number of carbonyl (C=O) groups excluding carboxylic acids is 1. The average Bonchev–Trinajstić information content (AvgIpc) is 2.91. The Morgan fingerprint density at radius 2 is 1.89 bits per heavy atom. The van der Waals surface area contributed by atoms with Gasteiger partial charge in [0.05, 0.1) is 0 Å². The van der Waals surface area contributed by atoms with Gasteiger partial charge in [-0.25, -0.2) is 9.37 Å². The summed E-state index contributed by atoms with van der Waals surface area (Å²) in [6, 6.07) is 12.4. The van der Waals surface area contributed by atoms with E-state index in [9.17, 15) is 9.18 Å². The maximum absolute atomic E-state index is 13.3. The number of pyridine rings is 1.